The number of carbonyl (C=O) groups excluding carboxylic acids is 1. The molecule has 0 unspecified atom stereocenters. The summed E-state index contributed by atoms with van der Waals surface area (Å²) in [5.74, 6) is -0.362. The van der Waals surface area contributed by atoms with Crippen LogP contribution in [-0.2, 0) is 14.8 Å². The Morgan fingerprint density at radius 1 is 0.879 bits per heavy atom. The molecular weight excluding hydrogens is 432 g/mol. The lowest BCUT2D eigenvalue weighted by atomic mass is 10.0. The maximum atomic E-state index is 13.6. The van der Waals surface area contributed by atoms with Gasteiger partial charge < -0.3 is 5.32 Å². The smallest absolute Gasteiger partial charge is 0.264 e. The molecule has 0 fully saturated rings. The average Bonchev–Trinajstić information content (AvgIpc) is 2.74. The first-order valence-electron chi connectivity index (χ1n) is 11.0. The molecule has 0 aromatic heterocycles. The molecule has 0 radical (unpaired) electrons. The van der Waals surface area contributed by atoms with Gasteiger partial charge in [-0.15, -0.1) is 0 Å². The molecule has 1 atom stereocenters. The molecule has 0 aliphatic rings. The second kappa shape index (κ2) is 9.79. The zero-order chi connectivity index (χ0) is 24.3. The van der Waals surface area contributed by atoms with E-state index in [2.05, 4.69) is 11.4 Å². The van der Waals surface area contributed by atoms with Crippen LogP contribution in [-0.4, -0.2) is 20.9 Å². The van der Waals surface area contributed by atoms with Crippen molar-refractivity contribution in [1.82, 2.24) is 5.32 Å². The third kappa shape index (κ3) is 5.45. The van der Waals surface area contributed by atoms with Crippen molar-refractivity contribution in [1.29, 1.82) is 0 Å². The number of benzene rings is 3. The second-order valence-corrected chi connectivity index (χ2v) is 10.6. The van der Waals surface area contributed by atoms with E-state index in [1.54, 1.807) is 30.3 Å². The van der Waals surface area contributed by atoms with Crippen molar-refractivity contribution in [3.63, 3.8) is 0 Å². The lowest BCUT2D eigenvalue weighted by Gasteiger charge is -2.27. The highest BCUT2D eigenvalue weighted by atomic mass is 32.2. The minimum absolute atomic E-state index is 0.157. The first-order chi connectivity index (χ1) is 15.5. The van der Waals surface area contributed by atoms with E-state index < -0.39 is 10.0 Å². The van der Waals surface area contributed by atoms with Crippen molar-refractivity contribution in [3.05, 3.63) is 94.0 Å². The molecule has 6 heteroatoms. The number of amides is 1. The Labute approximate surface area is 197 Å². The molecule has 0 aliphatic carbocycles. The van der Waals surface area contributed by atoms with Crippen molar-refractivity contribution < 1.29 is 13.2 Å². The van der Waals surface area contributed by atoms with E-state index in [1.165, 1.54) is 4.31 Å². The van der Waals surface area contributed by atoms with E-state index in [0.29, 0.717) is 5.69 Å². The summed E-state index contributed by atoms with van der Waals surface area (Å²) in [4.78, 5) is 13.3. The number of aryl methyl sites for hydroxylation is 4. The molecule has 0 bridgehead atoms. The van der Waals surface area contributed by atoms with Gasteiger partial charge in [0.15, 0.2) is 0 Å². The fourth-order valence-corrected chi connectivity index (χ4v) is 5.43. The highest BCUT2D eigenvalue weighted by Gasteiger charge is 2.29. The van der Waals surface area contributed by atoms with E-state index in [9.17, 15) is 13.2 Å². The van der Waals surface area contributed by atoms with Gasteiger partial charge in [-0.25, -0.2) is 8.42 Å². The van der Waals surface area contributed by atoms with Gasteiger partial charge in [0, 0.05) is 0 Å². The number of hydrogen-bond acceptors (Lipinski definition) is 3. The Morgan fingerprint density at radius 2 is 1.52 bits per heavy atom. The van der Waals surface area contributed by atoms with Crippen LogP contribution in [0.5, 0.6) is 0 Å². The molecule has 3 aromatic rings. The number of nitrogens with zero attached hydrogens (tertiary/aromatic N) is 1. The quantitative estimate of drug-likeness (QED) is 0.516. The van der Waals surface area contributed by atoms with Gasteiger partial charge in [-0.2, -0.15) is 0 Å². The lowest BCUT2D eigenvalue weighted by molar-refractivity contribution is -0.120. The maximum Gasteiger partial charge on any atom is 0.264 e. The van der Waals surface area contributed by atoms with Gasteiger partial charge in [-0.1, -0.05) is 53.6 Å². The minimum Gasteiger partial charge on any atom is -0.348 e. The summed E-state index contributed by atoms with van der Waals surface area (Å²) in [7, 11) is -3.95. The predicted octanol–water partition coefficient (Wildman–Crippen LogP) is 5.30. The summed E-state index contributed by atoms with van der Waals surface area (Å²) < 4.78 is 28.5. The molecule has 174 valence electrons. The van der Waals surface area contributed by atoms with Crippen molar-refractivity contribution >= 4 is 21.6 Å². The normalized spacial score (nSPS) is 12.3. The number of nitrogens with one attached hydrogen (secondary N) is 1. The lowest BCUT2D eigenvalue weighted by Crippen LogP contribution is -2.42. The molecule has 1 amide bonds. The van der Waals surface area contributed by atoms with Crippen LogP contribution in [0.2, 0.25) is 0 Å². The monoisotopic (exact) mass is 464 g/mol. The number of sulfonamides is 1. The van der Waals surface area contributed by atoms with Crippen LogP contribution in [0.25, 0.3) is 0 Å². The Balaban J connectivity index is 1.95. The van der Waals surface area contributed by atoms with Crippen molar-refractivity contribution in [3.8, 4) is 0 Å². The van der Waals surface area contributed by atoms with E-state index in [1.807, 2.05) is 65.8 Å². The Kier molecular flexibility index (Phi) is 7.28. The summed E-state index contributed by atoms with van der Waals surface area (Å²) in [6.07, 6.45) is 0. The van der Waals surface area contributed by atoms with Gasteiger partial charge in [0.05, 0.1) is 16.6 Å². The predicted molar refractivity (Wildman–Crippen MR) is 134 cm³/mol. The Hall–Kier alpha value is -3.12. The van der Waals surface area contributed by atoms with Gasteiger partial charge in [-0.05, 0) is 82.0 Å². The summed E-state index contributed by atoms with van der Waals surface area (Å²) in [6, 6.07) is 18.0. The molecule has 0 saturated heterocycles. The summed E-state index contributed by atoms with van der Waals surface area (Å²) in [5.41, 5.74) is 6.50. The van der Waals surface area contributed by atoms with E-state index in [0.717, 1.165) is 33.4 Å². The molecule has 3 aromatic carbocycles. The van der Waals surface area contributed by atoms with Gasteiger partial charge in [0.2, 0.25) is 5.91 Å². The number of rotatable bonds is 7. The van der Waals surface area contributed by atoms with E-state index in [4.69, 9.17) is 0 Å². The van der Waals surface area contributed by atoms with Crippen LogP contribution < -0.4 is 9.62 Å². The third-order valence-electron chi connectivity index (χ3n) is 6.01. The molecular formula is C27H32N2O3S. The molecule has 1 N–H and O–H groups in total. The Morgan fingerprint density at radius 3 is 2.15 bits per heavy atom. The standard InChI is InChI=1S/C27H32N2O3S/c1-18-10-13-24(14-11-18)33(31,32)29(26-9-7-8-20(3)22(26)5)17-27(30)28-23(6)25-15-12-19(2)16-21(25)4/h7-16,23H,17H2,1-6H3,(H,28,30)/t23-/m1/s1. The fourth-order valence-electron chi connectivity index (χ4n) is 3.95. The summed E-state index contributed by atoms with van der Waals surface area (Å²) in [6.45, 7) is 11.3. The van der Waals surface area contributed by atoms with Crippen LogP contribution in [0.15, 0.2) is 65.6 Å². The topological polar surface area (TPSA) is 66.5 Å². The highest BCUT2D eigenvalue weighted by molar-refractivity contribution is 7.92. The summed E-state index contributed by atoms with van der Waals surface area (Å²) in [5, 5.41) is 2.98. The molecule has 33 heavy (non-hydrogen) atoms. The number of hydrogen-bond donors (Lipinski definition) is 1. The van der Waals surface area contributed by atoms with Gasteiger partial charge in [0.1, 0.15) is 6.54 Å². The van der Waals surface area contributed by atoms with E-state index >= 15 is 0 Å². The van der Waals surface area contributed by atoms with Crippen molar-refractivity contribution in [2.75, 3.05) is 10.8 Å². The molecule has 0 spiro atoms. The first kappa shape index (κ1) is 24.5. The van der Waals surface area contributed by atoms with Gasteiger partial charge in [0.25, 0.3) is 10.0 Å². The molecule has 3 rings (SSSR count). The zero-order valence-electron chi connectivity index (χ0n) is 20.1. The fraction of sp³-hybridized carbons (Fsp3) is 0.296. The van der Waals surface area contributed by atoms with Crippen LogP contribution >= 0.6 is 0 Å². The molecule has 0 saturated carbocycles. The van der Waals surface area contributed by atoms with E-state index in [-0.39, 0.29) is 23.4 Å². The maximum absolute atomic E-state index is 13.6. The van der Waals surface area contributed by atoms with Crippen LogP contribution in [0.4, 0.5) is 5.69 Å². The summed E-state index contributed by atoms with van der Waals surface area (Å²) >= 11 is 0. The third-order valence-corrected chi connectivity index (χ3v) is 7.78. The van der Waals surface area contributed by atoms with Crippen LogP contribution in [0.1, 0.15) is 46.3 Å². The largest absolute Gasteiger partial charge is 0.348 e. The minimum atomic E-state index is -3.95. The molecule has 5 nitrogen and oxygen atoms in total. The molecule has 0 heterocycles. The second-order valence-electron chi connectivity index (χ2n) is 8.69. The SMILES string of the molecule is Cc1ccc(S(=O)(=O)N(CC(=O)N[C@H](C)c2ccc(C)cc2C)c2cccc(C)c2C)cc1. The number of anilines is 1. The van der Waals surface area contributed by atoms with Crippen LogP contribution in [0, 0.1) is 34.6 Å². The molecule has 0 aliphatic heterocycles. The first-order valence-corrected chi connectivity index (χ1v) is 12.5. The Bertz CT molecular complexity index is 1270. The van der Waals surface area contributed by atoms with Gasteiger partial charge in [-0.3, -0.25) is 9.10 Å². The van der Waals surface area contributed by atoms with Gasteiger partial charge >= 0.3 is 0 Å². The zero-order valence-corrected chi connectivity index (χ0v) is 21.0. The van der Waals surface area contributed by atoms with Crippen molar-refractivity contribution in [2.45, 2.75) is 52.5 Å². The average molecular weight is 465 g/mol. The van der Waals surface area contributed by atoms with Crippen molar-refractivity contribution in [2.24, 2.45) is 0 Å². The van der Waals surface area contributed by atoms with Crippen LogP contribution in [0.3, 0.4) is 0 Å². The highest BCUT2D eigenvalue weighted by Crippen LogP contribution is 2.29. The number of carbonyl (C=O) groups is 1.